The van der Waals surface area contributed by atoms with Gasteiger partial charge in [0.2, 0.25) is 5.91 Å². The summed E-state index contributed by atoms with van der Waals surface area (Å²) in [6.45, 7) is 6.25. The highest BCUT2D eigenvalue weighted by molar-refractivity contribution is 14.0. The number of rotatable bonds is 6. The summed E-state index contributed by atoms with van der Waals surface area (Å²) in [5.41, 5.74) is 0.261. The normalized spacial score (nSPS) is 16.0. The number of nitrogens with zero attached hydrogens (tertiary/aromatic N) is 2. The minimum Gasteiger partial charge on any atom is -0.383 e. The first-order valence-electron chi connectivity index (χ1n) is 9.11. The average molecular weight is 534 g/mol. The Kier molecular flexibility index (Phi) is 8.72. The maximum Gasteiger partial charge on any atom is 0.244 e. The number of guanidine groups is 1. The molecule has 1 unspecified atom stereocenters. The summed E-state index contributed by atoms with van der Waals surface area (Å²) in [5.74, 6) is 0.560. The Morgan fingerprint density at radius 1 is 1.32 bits per heavy atom. The zero-order chi connectivity index (χ0) is 19.3. The molecule has 154 valence electrons. The lowest BCUT2D eigenvalue weighted by atomic mass is 10.1. The molecule has 0 aromatic carbocycles. The summed E-state index contributed by atoms with van der Waals surface area (Å²) in [6, 6.07) is 5.93. The standard InChI is InChI=1S/C19H26N4O2S2.HI/c1-3-20-18(22-13-19(2,25)16-5-4-9-27-16)21-11-17(24)23-8-6-15-14(12-23)7-10-26-15;/h4-5,7,9-10,25H,3,6,8,11-13H2,1-2H3,(H2,20,21,22);1H. The van der Waals surface area contributed by atoms with Gasteiger partial charge in [0.05, 0.1) is 6.54 Å². The van der Waals surface area contributed by atoms with Gasteiger partial charge >= 0.3 is 0 Å². The van der Waals surface area contributed by atoms with Crippen LogP contribution in [0.1, 0.15) is 29.2 Å². The molecule has 9 heteroatoms. The van der Waals surface area contributed by atoms with E-state index >= 15 is 0 Å². The molecule has 0 saturated heterocycles. The number of halogens is 1. The van der Waals surface area contributed by atoms with E-state index in [4.69, 9.17) is 0 Å². The highest BCUT2D eigenvalue weighted by Crippen LogP contribution is 2.25. The number of fused-ring (bicyclic) bond motifs is 1. The number of carbonyl (C=O) groups excluding carboxylic acids is 1. The first-order valence-corrected chi connectivity index (χ1v) is 10.9. The molecule has 1 aliphatic heterocycles. The molecular formula is C19H27IN4O2S2. The lowest BCUT2D eigenvalue weighted by molar-refractivity contribution is -0.130. The fourth-order valence-electron chi connectivity index (χ4n) is 2.98. The number of carbonyl (C=O) groups is 1. The molecule has 3 N–H and O–H groups in total. The first-order chi connectivity index (χ1) is 13.0. The zero-order valence-electron chi connectivity index (χ0n) is 16.1. The van der Waals surface area contributed by atoms with Gasteiger partial charge in [0.15, 0.2) is 5.96 Å². The molecule has 1 aliphatic rings. The second-order valence-corrected chi connectivity index (χ2v) is 8.68. The third-order valence-electron chi connectivity index (χ3n) is 4.53. The van der Waals surface area contributed by atoms with Gasteiger partial charge in [-0.05, 0) is 48.7 Å². The summed E-state index contributed by atoms with van der Waals surface area (Å²) in [5, 5.41) is 20.9. The maximum absolute atomic E-state index is 12.5. The smallest absolute Gasteiger partial charge is 0.244 e. The molecule has 0 aliphatic carbocycles. The van der Waals surface area contributed by atoms with Crippen LogP contribution in [0.3, 0.4) is 0 Å². The van der Waals surface area contributed by atoms with E-state index in [1.54, 1.807) is 18.3 Å². The minimum atomic E-state index is -0.989. The second-order valence-electron chi connectivity index (χ2n) is 6.73. The van der Waals surface area contributed by atoms with Crippen molar-refractivity contribution >= 4 is 58.5 Å². The third kappa shape index (κ3) is 5.91. The van der Waals surface area contributed by atoms with Crippen LogP contribution < -0.4 is 10.6 Å². The lowest BCUT2D eigenvalue weighted by Crippen LogP contribution is -2.45. The summed E-state index contributed by atoms with van der Waals surface area (Å²) in [6.07, 6.45) is 0.921. The third-order valence-corrected chi connectivity index (χ3v) is 6.68. The molecule has 6 nitrogen and oxygen atoms in total. The van der Waals surface area contributed by atoms with Crippen LogP contribution in [0.25, 0.3) is 0 Å². The Labute approximate surface area is 191 Å². The molecule has 28 heavy (non-hydrogen) atoms. The van der Waals surface area contributed by atoms with Crippen molar-refractivity contribution in [1.29, 1.82) is 0 Å². The Hall–Kier alpha value is -1.17. The number of hydrogen-bond acceptors (Lipinski definition) is 5. The number of nitrogens with one attached hydrogen (secondary N) is 2. The van der Waals surface area contributed by atoms with E-state index in [9.17, 15) is 9.90 Å². The second kappa shape index (κ2) is 10.6. The highest BCUT2D eigenvalue weighted by atomic mass is 127. The van der Waals surface area contributed by atoms with Gasteiger partial charge in [-0.25, -0.2) is 4.99 Å². The Morgan fingerprint density at radius 3 is 2.86 bits per heavy atom. The number of amides is 1. The molecule has 1 amide bonds. The Bertz CT molecular complexity index is 790. The highest BCUT2D eigenvalue weighted by Gasteiger charge is 2.25. The van der Waals surface area contributed by atoms with Crippen LogP contribution in [0.5, 0.6) is 0 Å². The van der Waals surface area contributed by atoms with Crippen LogP contribution in [-0.2, 0) is 23.4 Å². The predicted octanol–water partition coefficient (Wildman–Crippen LogP) is 2.78. The fourth-order valence-corrected chi connectivity index (χ4v) is 4.65. The molecule has 0 bridgehead atoms. The van der Waals surface area contributed by atoms with E-state index in [0.29, 0.717) is 25.6 Å². The van der Waals surface area contributed by atoms with E-state index < -0.39 is 5.60 Å². The quantitative estimate of drug-likeness (QED) is 0.303. The first kappa shape index (κ1) is 23.1. The van der Waals surface area contributed by atoms with Crippen molar-refractivity contribution < 1.29 is 9.90 Å². The van der Waals surface area contributed by atoms with E-state index in [2.05, 4.69) is 27.1 Å². The molecule has 1 atom stereocenters. The van der Waals surface area contributed by atoms with Crippen molar-refractivity contribution in [3.05, 3.63) is 44.3 Å². The molecule has 2 aromatic heterocycles. The van der Waals surface area contributed by atoms with Gasteiger partial charge in [-0.1, -0.05) is 6.07 Å². The molecule has 3 heterocycles. The van der Waals surface area contributed by atoms with Gasteiger partial charge < -0.3 is 20.6 Å². The van der Waals surface area contributed by atoms with Crippen LogP contribution >= 0.6 is 46.7 Å². The molecule has 3 rings (SSSR count). The molecule has 0 saturated carbocycles. The molecule has 0 spiro atoms. The van der Waals surface area contributed by atoms with Crippen LogP contribution in [0.4, 0.5) is 0 Å². The van der Waals surface area contributed by atoms with Crippen molar-refractivity contribution in [1.82, 2.24) is 15.5 Å². The number of aliphatic imine (C=N–C) groups is 1. The Morgan fingerprint density at radius 2 is 2.14 bits per heavy atom. The molecule has 0 fully saturated rings. The van der Waals surface area contributed by atoms with Crippen molar-refractivity contribution in [3.63, 3.8) is 0 Å². The fraction of sp³-hybridized carbons (Fsp3) is 0.474. The van der Waals surface area contributed by atoms with Crippen molar-refractivity contribution in [2.45, 2.75) is 32.4 Å². The van der Waals surface area contributed by atoms with Crippen LogP contribution in [0.15, 0.2) is 34.0 Å². The van der Waals surface area contributed by atoms with E-state index in [1.807, 2.05) is 29.3 Å². The lowest BCUT2D eigenvalue weighted by Gasteiger charge is -2.27. The van der Waals surface area contributed by atoms with Gasteiger partial charge in [0.1, 0.15) is 12.1 Å². The van der Waals surface area contributed by atoms with E-state index in [0.717, 1.165) is 17.8 Å². The Balaban J connectivity index is 0.00000280. The summed E-state index contributed by atoms with van der Waals surface area (Å²) >= 11 is 3.28. The number of thiophene rings is 2. The van der Waals surface area contributed by atoms with Crippen molar-refractivity contribution in [2.24, 2.45) is 4.99 Å². The van der Waals surface area contributed by atoms with Gasteiger partial charge in [0, 0.05) is 29.4 Å². The summed E-state index contributed by atoms with van der Waals surface area (Å²) in [7, 11) is 0. The monoisotopic (exact) mass is 534 g/mol. The largest absolute Gasteiger partial charge is 0.383 e. The van der Waals surface area contributed by atoms with Crippen LogP contribution in [-0.4, -0.2) is 48.1 Å². The summed E-state index contributed by atoms with van der Waals surface area (Å²) in [4.78, 5) is 21.1. The van der Waals surface area contributed by atoms with E-state index in [-0.39, 0.29) is 36.4 Å². The summed E-state index contributed by atoms with van der Waals surface area (Å²) < 4.78 is 0. The van der Waals surface area contributed by atoms with Gasteiger partial charge in [0.25, 0.3) is 0 Å². The van der Waals surface area contributed by atoms with Crippen molar-refractivity contribution in [3.8, 4) is 0 Å². The van der Waals surface area contributed by atoms with Gasteiger partial charge in [-0.3, -0.25) is 4.79 Å². The van der Waals surface area contributed by atoms with Crippen molar-refractivity contribution in [2.75, 3.05) is 26.2 Å². The topological polar surface area (TPSA) is 77.0 Å². The molecule has 0 radical (unpaired) electrons. The minimum absolute atomic E-state index is 0. The van der Waals surface area contributed by atoms with Crippen LogP contribution in [0, 0.1) is 0 Å². The van der Waals surface area contributed by atoms with Gasteiger partial charge in [-0.15, -0.1) is 46.7 Å². The zero-order valence-corrected chi connectivity index (χ0v) is 20.1. The number of aliphatic hydroxyl groups is 1. The average Bonchev–Trinajstić information content (AvgIpc) is 3.35. The van der Waals surface area contributed by atoms with Crippen LogP contribution in [0.2, 0.25) is 0 Å². The SMILES string of the molecule is CCNC(=NCC(=O)N1CCc2sccc2C1)NCC(C)(O)c1cccs1.I. The maximum atomic E-state index is 12.5. The number of hydrogen-bond donors (Lipinski definition) is 3. The van der Waals surface area contributed by atoms with Gasteiger partial charge in [-0.2, -0.15) is 0 Å². The predicted molar refractivity (Wildman–Crippen MR) is 127 cm³/mol. The molecular weight excluding hydrogens is 507 g/mol. The molecule has 2 aromatic rings. The van der Waals surface area contributed by atoms with E-state index in [1.165, 1.54) is 21.8 Å².